The molecule has 4 saturated carbocycles. The minimum absolute atomic E-state index is 0.132. The molecule has 4 fully saturated rings. The summed E-state index contributed by atoms with van der Waals surface area (Å²) in [6.45, 7) is 0.562. The molecule has 0 saturated heterocycles. The molecule has 4 nitrogen and oxygen atoms in total. The van der Waals surface area contributed by atoms with E-state index in [1.165, 1.54) is 49.9 Å². The zero-order valence-corrected chi connectivity index (χ0v) is 16.7. The minimum Gasteiger partial charge on any atom is -0.462 e. The first-order chi connectivity index (χ1) is 13.6. The van der Waals surface area contributed by atoms with E-state index in [4.69, 9.17) is 4.74 Å². The van der Waals surface area contributed by atoms with E-state index in [-0.39, 0.29) is 17.3 Å². The van der Waals surface area contributed by atoms with E-state index in [2.05, 4.69) is 5.32 Å². The standard InChI is InChI=1S/C23H25NO3S/c25-21(20-2-1-7-28-20)24-19-5-3-18(4-6-19)22(26)27-14-23-11-15-8-16(12-23)10-17(9-15)13-23/h1-7,15-17H,8-14H2,(H,24,25). The summed E-state index contributed by atoms with van der Waals surface area (Å²) in [5.41, 5.74) is 1.45. The van der Waals surface area contributed by atoms with E-state index in [1.54, 1.807) is 30.3 Å². The maximum atomic E-state index is 12.6. The number of thiophene rings is 1. The fourth-order valence-electron chi connectivity index (χ4n) is 6.06. The van der Waals surface area contributed by atoms with Gasteiger partial charge in [0.2, 0.25) is 0 Å². The smallest absolute Gasteiger partial charge is 0.338 e. The minimum atomic E-state index is -0.258. The summed E-state index contributed by atoms with van der Waals surface area (Å²) in [6.07, 6.45) is 7.89. The Hall–Kier alpha value is -2.14. The van der Waals surface area contributed by atoms with E-state index in [0.717, 1.165) is 17.8 Å². The van der Waals surface area contributed by atoms with Gasteiger partial charge in [-0.05, 0) is 92.0 Å². The molecule has 0 spiro atoms. The van der Waals surface area contributed by atoms with Gasteiger partial charge in [0.05, 0.1) is 17.0 Å². The van der Waals surface area contributed by atoms with Crippen LogP contribution in [0.2, 0.25) is 0 Å². The molecule has 0 radical (unpaired) electrons. The van der Waals surface area contributed by atoms with Crippen LogP contribution in [0.3, 0.4) is 0 Å². The number of carbonyl (C=O) groups excluding carboxylic acids is 2. The Morgan fingerprint density at radius 2 is 1.64 bits per heavy atom. The second-order valence-electron chi connectivity index (χ2n) is 9.00. The summed E-state index contributed by atoms with van der Waals surface area (Å²) in [5.74, 6) is 2.18. The van der Waals surface area contributed by atoms with Crippen molar-refractivity contribution in [2.24, 2.45) is 23.2 Å². The Balaban J connectivity index is 1.19. The number of benzene rings is 1. The van der Waals surface area contributed by atoms with Crippen LogP contribution in [0.4, 0.5) is 5.69 Å². The SMILES string of the molecule is O=C(OCC12CC3CC(CC(C3)C1)C2)c1ccc(NC(=O)c2cccs2)cc1. The van der Waals surface area contributed by atoms with Crippen molar-refractivity contribution in [3.8, 4) is 0 Å². The quantitative estimate of drug-likeness (QED) is 0.692. The van der Waals surface area contributed by atoms with E-state index >= 15 is 0 Å². The van der Waals surface area contributed by atoms with Gasteiger partial charge in [-0.2, -0.15) is 0 Å². The molecule has 0 aliphatic heterocycles. The Morgan fingerprint density at radius 3 is 2.21 bits per heavy atom. The second kappa shape index (κ2) is 7.03. The van der Waals surface area contributed by atoms with Crippen LogP contribution in [-0.2, 0) is 4.74 Å². The summed E-state index contributed by atoms with van der Waals surface area (Å²) in [7, 11) is 0. The number of nitrogens with one attached hydrogen (secondary N) is 1. The van der Waals surface area contributed by atoms with Gasteiger partial charge in [-0.1, -0.05) is 6.07 Å². The van der Waals surface area contributed by atoms with Crippen LogP contribution in [-0.4, -0.2) is 18.5 Å². The van der Waals surface area contributed by atoms with E-state index < -0.39 is 0 Å². The molecule has 1 aromatic carbocycles. The van der Waals surface area contributed by atoms with Gasteiger partial charge in [-0.15, -0.1) is 11.3 Å². The number of esters is 1. The molecule has 2 aromatic rings. The third-order valence-electron chi connectivity index (χ3n) is 6.80. The zero-order chi connectivity index (χ0) is 19.1. The topological polar surface area (TPSA) is 55.4 Å². The molecule has 146 valence electrons. The van der Waals surface area contributed by atoms with Crippen LogP contribution in [0.25, 0.3) is 0 Å². The molecule has 0 atom stereocenters. The van der Waals surface area contributed by atoms with E-state index in [0.29, 0.717) is 22.7 Å². The average molecular weight is 396 g/mol. The van der Waals surface area contributed by atoms with Gasteiger partial charge in [0.15, 0.2) is 0 Å². The van der Waals surface area contributed by atoms with Crippen LogP contribution in [0.1, 0.15) is 58.6 Å². The average Bonchev–Trinajstić information content (AvgIpc) is 3.21. The van der Waals surface area contributed by atoms with Crippen LogP contribution >= 0.6 is 11.3 Å². The van der Waals surface area contributed by atoms with Gasteiger partial charge in [0, 0.05) is 11.1 Å². The highest BCUT2D eigenvalue weighted by Gasteiger charge is 2.51. The Morgan fingerprint density at radius 1 is 1.00 bits per heavy atom. The molecule has 4 aliphatic rings. The van der Waals surface area contributed by atoms with Crippen LogP contribution in [0.15, 0.2) is 41.8 Å². The van der Waals surface area contributed by atoms with Gasteiger partial charge in [-0.25, -0.2) is 4.79 Å². The Labute approximate surface area is 169 Å². The monoisotopic (exact) mass is 395 g/mol. The fraction of sp³-hybridized carbons (Fsp3) is 0.478. The van der Waals surface area contributed by atoms with Gasteiger partial charge >= 0.3 is 5.97 Å². The number of rotatable bonds is 5. The van der Waals surface area contributed by atoms with Crippen molar-refractivity contribution in [2.45, 2.75) is 38.5 Å². The molecular formula is C23H25NO3S. The van der Waals surface area contributed by atoms with E-state index in [9.17, 15) is 9.59 Å². The molecular weight excluding hydrogens is 370 g/mol. The Kier molecular flexibility index (Phi) is 4.50. The highest BCUT2D eigenvalue weighted by Crippen LogP contribution is 2.60. The summed E-state index contributed by atoms with van der Waals surface area (Å²) in [6, 6.07) is 10.6. The normalized spacial score (nSPS) is 30.2. The molecule has 4 bridgehead atoms. The molecule has 1 N–H and O–H groups in total. The summed E-state index contributed by atoms with van der Waals surface area (Å²) >= 11 is 1.40. The molecule has 4 aliphatic carbocycles. The number of hydrogen-bond acceptors (Lipinski definition) is 4. The summed E-state index contributed by atoms with van der Waals surface area (Å²) < 4.78 is 5.77. The molecule has 5 heteroatoms. The lowest BCUT2D eigenvalue weighted by Gasteiger charge is -2.56. The van der Waals surface area contributed by atoms with Crippen molar-refractivity contribution in [1.82, 2.24) is 0 Å². The molecule has 28 heavy (non-hydrogen) atoms. The zero-order valence-electron chi connectivity index (χ0n) is 15.9. The van der Waals surface area contributed by atoms with E-state index in [1.807, 2.05) is 11.4 Å². The highest BCUT2D eigenvalue weighted by molar-refractivity contribution is 7.12. The fourth-order valence-corrected chi connectivity index (χ4v) is 6.68. The molecule has 1 aromatic heterocycles. The van der Waals surface area contributed by atoms with Gasteiger partial charge in [0.25, 0.3) is 5.91 Å². The van der Waals surface area contributed by atoms with Gasteiger partial charge in [0.1, 0.15) is 0 Å². The van der Waals surface area contributed by atoms with Crippen molar-refractivity contribution < 1.29 is 14.3 Å². The maximum Gasteiger partial charge on any atom is 0.338 e. The first-order valence-electron chi connectivity index (χ1n) is 10.2. The number of anilines is 1. The van der Waals surface area contributed by atoms with Crippen molar-refractivity contribution in [3.05, 3.63) is 52.2 Å². The second-order valence-corrected chi connectivity index (χ2v) is 9.95. The first kappa shape index (κ1) is 17.9. The lowest BCUT2D eigenvalue weighted by atomic mass is 9.50. The van der Waals surface area contributed by atoms with Crippen LogP contribution in [0.5, 0.6) is 0 Å². The largest absolute Gasteiger partial charge is 0.462 e. The van der Waals surface area contributed by atoms with Crippen molar-refractivity contribution >= 4 is 28.9 Å². The molecule has 1 amide bonds. The third-order valence-corrected chi connectivity index (χ3v) is 7.67. The highest BCUT2D eigenvalue weighted by atomic mass is 32.1. The number of hydrogen-bond donors (Lipinski definition) is 1. The number of carbonyl (C=O) groups is 2. The lowest BCUT2D eigenvalue weighted by Crippen LogP contribution is -2.48. The number of amides is 1. The first-order valence-corrected chi connectivity index (χ1v) is 11.1. The molecule has 0 unspecified atom stereocenters. The summed E-state index contributed by atoms with van der Waals surface area (Å²) in [4.78, 5) is 25.3. The predicted octanol–water partition coefficient (Wildman–Crippen LogP) is 5.37. The third kappa shape index (κ3) is 3.48. The molecule has 1 heterocycles. The maximum absolute atomic E-state index is 12.6. The van der Waals surface area contributed by atoms with Gasteiger partial charge < -0.3 is 10.1 Å². The lowest BCUT2D eigenvalue weighted by molar-refractivity contribution is -0.0848. The van der Waals surface area contributed by atoms with Crippen molar-refractivity contribution in [3.63, 3.8) is 0 Å². The van der Waals surface area contributed by atoms with Crippen LogP contribution < -0.4 is 5.32 Å². The summed E-state index contributed by atoms with van der Waals surface area (Å²) in [5, 5.41) is 4.72. The predicted molar refractivity (Wildman–Crippen MR) is 110 cm³/mol. The number of ether oxygens (including phenoxy) is 1. The molecule has 6 rings (SSSR count). The van der Waals surface area contributed by atoms with Crippen LogP contribution in [0, 0.1) is 23.2 Å². The van der Waals surface area contributed by atoms with Gasteiger partial charge in [-0.3, -0.25) is 4.79 Å². The van der Waals surface area contributed by atoms with Crippen molar-refractivity contribution in [2.75, 3.05) is 11.9 Å². The Bertz CT molecular complexity index is 836. The van der Waals surface area contributed by atoms with Crippen molar-refractivity contribution in [1.29, 1.82) is 0 Å².